The lowest BCUT2D eigenvalue weighted by Gasteiger charge is -2.07. The lowest BCUT2D eigenvalue weighted by Crippen LogP contribution is -2.12. The number of unbranched alkanes of at least 4 members (excludes halogenated alkanes) is 2. The number of rotatable bonds is 6. The van der Waals surface area contributed by atoms with Gasteiger partial charge in [0.2, 0.25) is 0 Å². The van der Waals surface area contributed by atoms with Crippen molar-refractivity contribution in [2.24, 2.45) is 0 Å². The standard InChI is InChI=1S/C10H21N/c1-4-5-6-7-8-9-10-11(2)3/h5-6H,4,7-10H2,1-3H3/b6-5+. The van der Waals surface area contributed by atoms with Crippen molar-refractivity contribution in [1.29, 1.82) is 0 Å². The Morgan fingerprint density at radius 2 is 1.82 bits per heavy atom. The number of nitrogens with zero attached hydrogens (tertiary/aromatic N) is 1. The van der Waals surface area contributed by atoms with Crippen molar-refractivity contribution in [2.75, 3.05) is 20.6 Å². The van der Waals surface area contributed by atoms with Crippen LogP contribution in [0.4, 0.5) is 0 Å². The van der Waals surface area contributed by atoms with Crippen LogP contribution in [0.2, 0.25) is 0 Å². The Balaban J connectivity index is 2.96. The van der Waals surface area contributed by atoms with Crippen molar-refractivity contribution in [3.63, 3.8) is 0 Å². The molecule has 0 fully saturated rings. The molecule has 0 aromatic heterocycles. The molecule has 0 saturated carbocycles. The van der Waals surface area contributed by atoms with Gasteiger partial charge in [0.25, 0.3) is 0 Å². The maximum atomic E-state index is 2.29. The van der Waals surface area contributed by atoms with E-state index in [-0.39, 0.29) is 0 Å². The first-order valence-electron chi connectivity index (χ1n) is 4.57. The van der Waals surface area contributed by atoms with Gasteiger partial charge < -0.3 is 4.90 Å². The SMILES string of the molecule is CC/C=C/CCCCN(C)C. The third-order valence-electron chi connectivity index (χ3n) is 1.63. The molecule has 0 aromatic carbocycles. The fraction of sp³-hybridized carbons (Fsp3) is 0.800. The highest BCUT2D eigenvalue weighted by atomic mass is 15.0. The second-order valence-corrected chi connectivity index (χ2v) is 3.18. The summed E-state index contributed by atoms with van der Waals surface area (Å²) < 4.78 is 0. The Hall–Kier alpha value is -0.300. The predicted molar refractivity (Wildman–Crippen MR) is 51.8 cm³/mol. The van der Waals surface area contributed by atoms with Gasteiger partial charge in [-0.15, -0.1) is 0 Å². The largest absolute Gasteiger partial charge is 0.309 e. The van der Waals surface area contributed by atoms with Gasteiger partial charge in [0.1, 0.15) is 0 Å². The van der Waals surface area contributed by atoms with Gasteiger partial charge in [-0.3, -0.25) is 0 Å². The van der Waals surface area contributed by atoms with Crippen LogP contribution in [0.5, 0.6) is 0 Å². The highest BCUT2D eigenvalue weighted by Gasteiger charge is 1.88. The summed E-state index contributed by atoms with van der Waals surface area (Å²) in [5.74, 6) is 0. The summed E-state index contributed by atoms with van der Waals surface area (Å²) in [6.45, 7) is 3.40. The van der Waals surface area contributed by atoms with E-state index in [0.717, 1.165) is 0 Å². The van der Waals surface area contributed by atoms with E-state index < -0.39 is 0 Å². The molecule has 0 aliphatic heterocycles. The van der Waals surface area contributed by atoms with E-state index >= 15 is 0 Å². The van der Waals surface area contributed by atoms with E-state index in [9.17, 15) is 0 Å². The molecule has 0 aliphatic carbocycles. The van der Waals surface area contributed by atoms with Crippen LogP contribution in [0.3, 0.4) is 0 Å². The van der Waals surface area contributed by atoms with E-state index in [1.54, 1.807) is 0 Å². The lowest BCUT2D eigenvalue weighted by atomic mass is 10.2. The fourth-order valence-electron chi connectivity index (χ4n) is 0.975. The van der Waals surface area contributed by atoms with E-state index in [1.165, 1.54) is 32.2 Å². The molecule has 0 amide bonds. The second kappa shape index (κ2) is 7.80. The maximum absolute atomic E-state index is 2.29. The monoisotopic (exact) mass is 155 g/mol. The first-order chi connectivity index (χ1) is 5.27. The smallest absolute Gasteiger partial charge is 0.00247 e. The van der Waals surface area contributed by atoms with E-state index in [1.807, 2.05) is 0 Å². The molecule has 0 N–H and O–H groups in total. The van der Waals surface area contributed by atoms with Crippen LogP contribution in [0.15, 0.2) is 12.2 Å². The third kappa shape index (κ3) is 9.70. The molecular formula is C10H21N. The second-order valence-electron chi connectivity index (χ2n) is 3.18. The molecule has 0 unspecified atom stereocenters. The highest BCUT2D eigenvalue weighted by molar-refractivity contribution is 4.79. The van der Waals surface area contributed by atoms with Gasteiger partial charge in [0, 0.05) is 0 Å². The zero-order valence-electron chi connectivity index (χ0n) is 8.14. The van der Waals surface area contributed by atoms with Gasteiger partial charge in [-0.1, -0.05) is 19.1 Å². The van der Waals surface area contributed by atoms with Crippen LogP contribution in [0.25, 0.3) is 0 Å². The van der Waals surface area contributed by atoms with Crippen molar-refractivity contribution in [2.45, 2.75) is 32.6 Å². The normalized spacial score (nSPS) is 11.6. The molecule has 1 nitrogen and oxygen atoms in total. The van der Waals surface area contributed by atoms with Crippen molar-refractivity contribution < 1.29 is 0 Å². The first kappa shape index (κ1) is 10.7. The highest BCUT2D eigenvalue weighted by Crippen LogP contribution is 1.97. The van der Waals surface area contributed by atoms with Crippen molar-refractivity contribution >= 4 is 0 Å². The molecule has 0 aliphatic rings. The number of hydrogen-bond donors (Lipinski definition) is 0. The summed E-state index contributed by atoms with van der Waals surface area (Å²) in [7, 11) is 4.25. The molecular weight excluding hydrogens is 134 g/mol. The Labute approximate surface area is 71.1 Å². The average molecular weight is 155 g/mol. The molecule has 0 atom stereocenters. The first-order valence-corrected chi connectivity index (χ1v) is 4.57. The maximum Gasteiger partial charge on any atom is -0.00247 e. The van der Waals surface area contributed by atoms with Gasteiger partial charge in [0.15, 0.2) is 0 Å². The fourth-order valence-corrected chi connectivity index (χ4v) is 0.975. The van der Waals surface area contributed by atoms with E-state index in [2.05, 4.69) is 38.1 Å². The van der Waals surface area contributed by atoms with Gasteiger partial charge in [-0.25, -0.2) is 0 Å². The molecule has 0 radical (unpaired) electrons. The quantitative estimate of drug-likeness (QED) is 0.421. The minimum Gasteiger partial charge on any atom is -0.309 e. The van der Waals surface area contributed by atoms with Crippen molar-refractivity contribution in [1.82, 2.24) is 4.90 Å². The minimum atomic E-state index is 1.17. The number of hydrogen-bond acceptors (Lipinski definition) is 1. The molecule has 0 saturated heterocycles. The topological polar surface area (TPSA) is 3.24 Å². The van der Waals surface area contributed by atoms with Crippen molar-refractivity contribution in [3.8, 4) is 0 Å². The molecule has 0 rings (SSSR count). The predicted octanol–water partition coefficient (Wildman–Crippen LogP) is 2.68. The Morgan fingerprint density at radius 1 is 1.09 bits per heavy atom. The van der Waals surface area contributed by atoms with Crippen molar-refractivity contribution in [3.05, 3.63) is 12.2 Å². The molecule has 1 heteroatoms. The summed E-state index contributed by atoms with van der Waals surface area (Å²) in [5, 5.41) is 0. The average Bonchev–Trinajstić information content (AvgIpc) is 1.96. The minimum absolute atomic E-state index is 1.17. The molecule has 66 valence electrons. The van der Waals surface area contributed by atoms with Gasteiger partial charge in [-0.05, 0) is 46.3 Å². The van der Waals surface area contributed by atoms with Crippen LogP contribution in [0, 0.1) is 0 Å². The van der Waals surface area contributed by atoms with Crippen LogP contribution in [-0.4, -0.2) is 25.5 Å². The number of allylic oxidation sites excluding steroid dienone is 2. The zero-order chi connectivity index (χ0) is 8.53. The summed E-state index contributed by atoms with van der Waals surface area (Å²) in [5.41, 5.74) is 0. The Kier molecular flexibility index (Phi) is 7.59. The van der Waals surface area contributed by atoms with E-state index in [4.69, 9.17) is 0 Å². The molecule has 11 heavy (non-hydrogen) atoms. The van der Waals surface area contributed by atoms with Gasteiger partial charge >= 0.3 is 0 Å². The molecule has 0 spiro atoms. The van der Waals surface area contributed by atoms with E-state index in [0.29, 0.717) is 0 Å². The summed E-state index contributed by atoms with van der Waals surface area (Å²) in [4.78, 5) is 2.24. The summed E-state index contributed by atoms with van der Waals surface area (Å²) in [6.07, 6.45) is 9.61. The molecule has 0 heterocycles. The van der Waals surface area contributed by atoms with Crippen LogP contribution in [0.1, 0.15) is 32.6 Å². The lowest BCUT2D eigenvalue weighted by molar-refractivity contribution is 0.395. The van der Waals surface area contributed by atoms with Gasteiger partial charge in [0.05, 0.1) is 0 Å². The van der Waals surface area contributed by atoms with Crippen LogP contribution >= 0.6 is 0 Å². The summed E-state index contributed by atoms with van der Waals surface area (Å²) >= 11 is 0. The molecule has 0 aromatic rings. The van der Waals surface area contributed by atoms with Gasteiger partial charge in [-0.2, -0.15) is 0 Å². The third-order valence-corrected chi connectivity index (χ3v) is 1.63. The molecule has 0 bridgehead atoms. The Morgan fingerprint density at radius 3 is 2.36 bits per heavy atom. The van der Waals surface area contributed by atoms with Crippen LogP contribution < -0.4 is 0 Å². The van der Waals surface area contributed by atoms with Crippen LogP contribution in [-0.2, 0) is 0 Å². The zero-order valence-corrected chi connectivity index (χ0v) is 8.14. The summed E-state index contributed by atoms with van der Waals surface area (Å²) in [6, 6.07) is 0. The Bertz CT molecular complexity index is 95.0.